The molecule has 0 spiro atoms. The van der Waals surface area contributed by atoms with Crippen molar-refractivity contribution in [1.82, 2.24) is 14.9 Å². The fourth-order valence-corrected chi connectivity index (χ4v) is 2.95. The lowest BCUT2D eigenvalue weighted by atomic mass is 10.1. The maximum Gasteiger partial charge on any atom is 0.262 e. The summed E-state index contributed by atoms with van der Waals surface area (Å²) in [6, 6.07) is 0.280. The van der Waals surface area contributed by atoms with Crippen molar-refractivity contribution in [1.29, 1.82) is 0 Å². The van der Waals surface area contributed by atoms with Gasteiger partial charge in [0.15, 0.2) is 5.82 Å². The molecule has 0 bridgehead atoms. The molecule has 20 heavy (non-hydrogen) atoms. The Bertz CT molecular complexity index is 522. The molecule has 0 aliphatic carbocycles. The highest BCUT2D eigenvalue weighted by atomic mass is 16.5. The van der Waals surface area contributed by atoms with Crippen LogP contribution in [-0.2, 0) is 4.79 Å². The molecule has 108 valence electrons. The number of hydrogen-bond donors (Lipinski definition) is 0. The summed E-state index contributed by atoms with van der Waals surface area (Å²) in [5, 5.41) is 0. The molecule has 1 amide bonds. The number of piperazine rings is 1. The van der Waals surface area contributed by atoms with Crippen molar-refractivity contribution >= 4 is 11.7 Å². The molecule has 2 aliphatic rings. The minimum absolute atomic E-state index is 0.266. The normalized spacial score (nSPS) is 21.9. The van der Waals surface area contributed by atoms with Crippen LogP contribution in [0, 0.1) is 0 Å². The summed E-state index contributed by atoms with van der Waals surface area (Å²) in [6.07, 6.45) is 3.05. The van der Waals surface area contributed by atoms with Crippen LogP contribution in [0.15, 0.2) is 6.33 Å². The fraction of sp³-hybridized carbons (Fsp3) is 0.615. The van der Waals surface area contributed by atoms with Crippen molar-refractivity contribution in [2.75, 3.05) is 38.8 Å². The molecule has 3 rings (SSSR count). The summed E-state index contributed by atoms with van der Waals surface area (Å²) < 4.78 is 10.6. The van der Waals surface area contributed by atoms with E-state index in [1.54, 1.807) is 14.2 Å². The van der Waals surface area contributed by atoms with Crippen LogP contribution in [0.3, 0.4) is 0 Å². The van der Waals surface area contributed by atoms with Crippen molar-refractivity contribution in [3.05, 3.63) is 6.33 Å². The van der Waals surface area contributed by atoms with Crippen LogP contribution < -0.4 is 14.4 Å². The summed E-state index contributed by atoms with van der Waals surface area (Å²) in [7, 11) is 3.14. The monoisotopic (exact) mass is 278 g/mol. The van der Waals surface area contributed by atoms with Gasteiger partial charge in [0, 0.05) is 32.1 Å². The minimum Gasteiger partial charge on any atom is -0.489 e. The van der Waals surface area contributed by atoms with Crippen LogP contribution in [0.5, 0.6) is 11.6 Å². The maximum atomic E-state index is 11.7. The number of anilines is 1. The maximum absolute atomic E-state index is 11.7. The van der Waals surface area contributed by atoms with E-state index < -0.39 is 0 Å². The van der Waals surface area contributed by atoms with Crippen molar-refractivity contribution in [2.24, 2.45) is 0 Å². The lowest BCUT2D eigenvalue weighted by Gasteiger charge is -2.38. The Morgan fingerprint density at radius 2 is 2.10 bits per heavy atom. The second-order valence-electron chi connectivity index (χ2n) is 4.97. The van der Waals surface area contributed by atoms with Gasteiger partial charge in [-0.1, -0.05) is 0 Å². The van der Waals surface area contributed by atoms with E-state index >= 15 is 0 Å². The topological polar surface area (TPSA) is 67.8 Å². The zero-order chi connectivity index (χ0) is 14.1. The molecular formula is C13H18N4O3. The molecule has 7 nitrogen and oxygen atoms in total. The summed E-state index contributed by atoms with van der Waals surface area (Å²) in [5.74, 6) is 1.98. The second kappa shape index (κ2) is 5.15. The van der Waals surface area contributed by atoms with E-state index in [4.69, 9.17) is 9.47 Å². The number of hydrogen-bond acceptors (Lipinski definition) is 6. The summed E-state index contributed by atoms with van der Waals surface area (Å²) >= 11 is 0. The number of fused-ring (bicyclic) bond motifs is 1. The van der Waals surface area contributed by atoms with E-state index in [0.717, 1.165) is 31.9 Å². The number of carbonyl (C=O) groups excluding carboxylic acids is 1. The van der Waals surface area contributed by atoms with Crippen molar-refractivity contribution in [3.8, 4) is 11.6 Å². The molecule has 1 unspecified atom stereocenters. The first-order valence-electron chi connectivity index (χ1n) is 6.72. The van der Waals surface area contributed by atoms with Gasteiger partial charge in [-0.2, -0.15) is 4.98 Å². The van der Waals surface area contributed by atoms with Crippen molar-refractivity contribution in [2.45, 2.75) is 18.9 Å². The number of nitrogens with zero attached hydrogens (tertiary/aromatic N) is 4. The number of amides is 1. The van der Waals surface area contributed by atoms with Gasteiger partial charge >= 0.3 is 0 Å². The third-order valence-corrected chi connectivity index (χ3v) is 3.94. The molecule has 2 saturated heterocycles. The molecule has 1 aromatic heterocycles. The molecule has 1 atom stereocenters. The molecule has 3 heterocycles. The largest absolute Gasteiger partial charge is 0.489 e. The number of carbonyl (C=O) groups is 1. The Kier molecular flexibility index (Phi) is 3.33. The zero-order valence-corrected chi connectivity index (χ0v) is 11.7. The summed E-state index contributed by atoms with van der Waals surface area (Å²) in [6.45, 7) is 2.26. The average molecular weight is 278 g/mol. The molecule has 0 aromatic carbocycles. The van der Waals surface area contributed by atoms with Crippen molar-refractivity contribution in [3.63, 3.8) is 0 Å². The van der Waals surface area contributed by atoms with E-state index in [9.17, 15) is 4.79 Å². The van der Waals surface area contributed by atoms with Gasteiger partial charge in [0.25, 0.3) is 5.88 Å². The van der Waals surface area contributed by atoms with Gasteiger partial charge in [0.2, 0.25) is 11.7 Å². The number of ether oxygens (including phenoxy) is 2. The van der Waals surface area contributed by atoms with Crippen LogP contribution in [0.25, 0.3) is 0 Å². The highest BCUT2D eigenvalue weighted by Crippen LogP contribution is 2.35. The number of methoxy groups -OCH3 is 2. The molecule has 1 aromatic rings. The highest BCUT2D eigenvalue weighted by molar-refractivity contribution is 5.79. The molecule has 0 N–H and O–H groups in total. The van der Waals surface area contributed by atoms with Gasteiger partial charge in [-0.15, -0.1) is 0 Å². The van der Waals surface area contributed by atoms with Gasteiger partial charge < -0.3 is 19.3 Å². The third kappa shape index (κ3) is 2.03. The molecule has 7 heteroatoms. The zero-order valence-electron chi connectivity index (χ0n) is 11.7. The van der Waals surface area contributed by atoms with E-state index in [1.165, 1.54) is 6.33 Å². The van der Waals surface area contributed by atoms with E-state index in [-0.39, 0.29) is 11.9 Å². The predicted octanol–water partition coefficient (Wildman–Crippen LogP) is 0.305. The van der Waals surface area contributed by atoms with Gasteiger partial charge in [-0.3, -0.25) is 4.79 Å². The molecule has 0 radical (unpaired) electrons. The lowest BCUT2D eigenvalue weighted by molar-refractivity contribution is -0.129. The Balaban J connectivity index is 1.85. The van der Waals surface area contributed by atoms with E-state index in [2.05, 4.69) is 14.9 Å². The quantitative estimate of drug-likeness (QED) is 0.792. The highest BCUT2D eigenvalue weighted by Gasteiger charge is 2.36. The molecule has 0 saturated carbocycles. The van der Waals surface area contributed by atoms with Crippen LogP contribution in [0.1, 0.15) is 12.8 Å². The Morgan fingerprint density at radius 3 is 2.85 bits per heavy atom. The Hall–Kier alpha value is -2.05. The van der Waals surface area contributed by atoms with Crippen LogP contribution in [0.2, 0.25) is 0 Å². The van der Waals surface area contributed by atoms with E-state index in [0.29, 0.717) is 18.1 Å². The van der Waals surface area contributed by atoms with Crippen LogP contribution >= 0.6 is 0 Å². The smallest absolute Gasteiger partial charge is 0.262 e. The summed E-state index contributed by atoms with van der Waals surface area (Å²) in [4.78, 5) is 24.2. The van der Waals surface area contributed by atoms with Crippen LogP contribution in [0.4, 0.5) is 5.82 Å². The predicted molar refractivity (Wildman–Crippen MR) is 72.1 cm³/mol. The first-order chi connectivity index (χ1) is 9.74. The van der Waals surface area contributed by atoms with Crippen LogP contribution in [-0.4, -0.2) is 60.7 Å². The first-order valence-corrected chi connectivity index (χ1v) is 6.72. The van der Waals surface area contributed by atoms with Gasteiger partial charge in [-0.25, -0.2) is 4.98 Å². The molecule has 2 fully saturated rings. The standard InChI is InChI=1S/C13H18N4O3/c1-19-11-12(14-8-15-13(11)20-2)16-5-6-17-9(7-16)3-4-10(17)18/h8-9H,3-7H2,1-2H3. The minimum atomic E-state index is 0.266. The van der Waals surface area contributed by atoms with E-state index in [1.807, 2.05) is 4.90 Å². The van der Waals surface area contributed by atoms with Gasteiger partial charge in [-0.05, 0) is 6.42 Å². The number of rotatable bonds is 3. The van der Waals surface area contributed by atoms with Gasteiger partial charge in [0.1, 0.15) is 6.33 Å². The Morgan fingerprint density at radius 1 is 1.25 bits per heavy atom. The average Bonchev–Trinajstić information content (AvgIpc) is 2.87. The van der Waals surface area contributed by atoms with Gasteiger partial charge in [0.05, 0.1) is 14.2 Å². The van der Waals surface area contributed by atoms with Crippen molar-refractivity contribution < 1.29 is 14.3 Å². The molecular weight excluding hydrogens is 260 g/mol. The Labute approximate surface area is 117 Å². The second-order valence-corrected chi connectivity index (χ2v) is 4.97. The number of aromatic nitrogens is 2. The molecule has 2 aliphatic heterocycles. The lowest BCUT2D eigenvalue weighted by Crippen LogP contribution is -2.51. The third-order valence-electron chi connectivity index (χ3n) is 3.94. The SMILES string of the molecule is COc1ncnc(N2CCN3C(=O)CCC3C2)c1OC. The first kappa shape index (κ1) is 13.0. The summed E-state index contributed by atoms with van der Waals surface area (Å²) in [5.41, 5.74) is 0. The fourth-order valence-electron chi connectivity index (χ4n) is 2.95.